The summed E-state index contributed by atoms with van der Waals surface area (Å²) in [6.45, 7) is 3.36. The van der Waals surface area contributed by atoms with Crippen molar-refractivity contribution < 1.29 is 27.1 Å². The van der Waals surface area contributed by atoms with Gasteiger partial charge in [0.1, 0.15) is 24.2 Å². The normalized spacial score (nSPS) is 11.9. The number of hydrogen-bond acceptors (Lipinski definition) is 5. The molecule has 0 spiro atoms. The highest BCUT2D eigenvalue weighted by atomic mass is 32.2. The van der Waals surface area contributed by atoms with Crippen molar-refractivity contribution in [1.29, 1.82) is 0 Å². The summed E-state index contributed by atoms with van der Waals surface area (Å²) < 4.78 is 48.2. The smallest absolute Gasteiger partial charge is 0.264 e. The van der Waals surface area contributed by atoms with Crippen molar-refractivity contribution in [1.82, 2.24) is 10.2 Å². The van der Waals surface area contributed by atoms with Crippen LogP contribution in [0.3, 0.4) is 0 Å². The highest BCUT2D eigenvalue weighted by Gasteiger charge is 2.33. The van der Waals surface area contributed by atoms with Gasteiger partial charge in [0.15, 0.2) is 0 Å². The van der Waals surface area contributed by atoms with Gasteiger partial charge in [-0.15, -0.1) is 0 Å². The lowest BCUT2D eigenvalue weighted by Gasteiger charge is -2.32. The zero-order valence-corrected chi connectivity index (χ0v) is 23.2. The Bertz CT molecular complexity index is 1350. The molecule has 0 bridgehead atoms. The van der Waals surface area contributed by atoms with Crippen molar-refractivity contribution in [3.8, 4) is 5.75 Å². The lowest BCUT2D eigenvalue weighted by Crippen LogP contribution is -2.51. The number of ether oxygens (including phenoxy) is 1. The Kier molecular flexibility index (Phi) is 10.4. The summed E-state index contributed by atoms with van der Waals surface area (Å²) in [5.41, 5.74) is 0.444. The van der Waals surface area contributed by atoms with Crippen molar-refractivity contribution in [2.75, 3.05) is 24.5 Å². The van der Waals surface area contributed by atoms with Crippen LogP contribution in [-0.2, 0) is 26.2 Å². The Labute approximate surface area is 229 Å². The molecule has 3 aromatic carbocycles. The van der Waals surface area contributed by atoms with Gasteiger partial charge in [0.05, 0.1) is 17.7 Å². The molecule has 0 unspecified atom stereocenters. The largest absolute Gasteiger partial charge is 0.497 e. The molecular formula is C29H34FN3O5S. The quantitative estimate of drug-likeness (QED) is 0.316. The second-order valence-corrected chi connectivity index (χ2v) is 10.8. The van der Waals surface area contributed by atoms with Gasteiger partial charge in [-0.05, 0) is 55.3 Å². The first-order valence-electron chi connectivity index (χ1n) is 12.7. The molecule has 3 rings (SSSR count). The average molecular weight is 556 g/mol. The van der Waals surface area contributed by atoms with Crippen LogP contribution in [0.2, 0.25) is 0 Å². The maximum absolute atomic E-state index is 14.9. The predicted molar refractivity (Wildman–Crippen MR) is 148 cm³/mol. The number of para-hydroxylation sites is 1. The highest BCUT2D eigenvalue weighted by molar-refractivity contribution is 7.92. The number of rotatable bonds is 13. The topological polar surface area (TPSA) is 96.0 Å². The lowest BCUT2D eigenvalue weighted by atomic mass is 10.1. The minimum Gasteiger partial charge on any atom is -0.497 e. The zero-order valence-electron chi connectivity index (χ0n) is 22.3. The summed E-state index contributed by atoms with van der Waals surface area (Å²) in [4.78, 5) is 28.0. The molecule has 0 fully saturated rings. The molecule has 10 heteroatoms. The molecule has 0 radical (unpaired) electrons. The van der Waals surface area contributed by atoms with Gasteiger partial charge >= 0.3 is 0 Å². The van der Waals surface area contributed by atoms with Gasteiger partial charge in [0.2, 0.25) is 11.8 Å². The number of nitrogens with one attached hydrogen (secondary N) is 1. The van der Waals surface area contributed by atoms with Crippen LogP contribution in [0.4, 0.5) is 10.1 Å². The summed E-state index contributed by atoms with van der Waals surface area (Å²) in [6.07, 6.45) is 1.67. The van der Waals surface area contributed by atoms with E-state index in [-0.39, 0.29) is 23.0 Å². The Morgan fingerprint density at radius 1 is 0.974 bits per heavy atom. The molecule has 0 saturated carbocycles. The fourth-order valence-corrected chi connectivity index (χ4v) is 5.38. The Morgan fingerprint density at radius 3 is 2.23 bits per heavy atom. The van der Waals surface area contributed by atoms with Crippen molar-refractivity contribution in [2.45, 2.75) is 44.2 Å². The van der Waals surface area contributed by atoms with Crippen LogP contribution >= 0.6 is 0 Å². The number of unbranched alkanes of at least 4 members (excludes halogenated alkanes) is 1. The van der Waals surface area contributed by atoms with Crippen LogP contribution in [0.15, 0.2) is 83.8 Å². The molecule has 2 amide bonds. The van der Waals surface area contributed by atoms with E-state index in [1.54, 1.807) is 49.4 Å². The van der Waals surface area contributed by atoms with Crippen molar-refractivity contribution in [3.63, 3.8) is 0 Å². The van der Waals surface area contributed by atoms with E-state index < -0.39 is 34.3 Å². The third kappa shape index (κ3) is 7.57. The van der Waals surface area contributed by atoms with E-state index >= 15 is 0 Å². The molecule has 208 valence electrons. The number of methoxy groups -OCH3 is 1. The molecule has 0 heterocycles. The summed E-state index contributed by atoms with van der Waals surface area (Å²) in [6, 6.07) is 19.0. The van der Waals surface area contributed by atoms with Crippen molar-refractivity contribution in [2.24, 2.45) is 0 Å². The second kappa shape index (κ2) is 13.7. The predicted octanol–water partition coefficient (Wildman–Crippen LogP) is 4.36. The average Bonchev–Trinajstić information content (AvgIpc) is 2.95. The molecule has 39 heavy (non-hydrogen) atoms. The highest BCUT2D eigenvalue weighted by Crippen LogP contribution is 2.27. The maximum Gasteiger partial charge on any atom is 0.264 e. The van der Waals surface area contributed by atoms with Gasteiger partial charge in [-0.1, -0.05) is 55.8 Å². The van der Waals surface area contributed by atoms with Crippen LogP contribution < -0.4 is 14.4 Å². The first kappa shape index (κ1) is 29.6. The number of nitrogens with zero attached hydrogens (tertiary/aromatic N) is 2. The van der Waals surface area contributed by atoms with Crippen LogP contribution in [0.5, 0.6) is 5.75 Å². The number of sulfonamides is 1. The number of hydrogen-bond donors (Lipinski definition) is 1. The van der Waals surface area contributed by atoms with E-state index in [0.29, 0.717) is 17.9 Å². The molecular weight excluding hydrogens is 521 g/mol. The maximum atomic E-state index is 14.9. The van der Waals surface area contributed by atoms with E-state index in [1.807, 2.05) is 6.92 Å². The van der Waals surface area contributed by atoms with Crippen LogP contribution in [0, 0.1) is 5.82 Å². The lowest BCUT2D eigenvalue weighted by molar-refractivity contribution is -0.139. The van der Waals surface area contributed by atoms with E-state index in [1.165, 1.54) is 42.3 Å². The third-order valence-electron chi connectivity index (χ3n) is 6.24. The Morgan fingerprint density at radius 2 is 1.62 bits per heavy atom. The van der Waals surface area contributed by atoms with E-state index in [9.17, 15) is 22.4 Å². The molecule has 0 aliphatic rings. The van der Waals surface area contributed by atoms with Crippen molar-refractivity contribution >= 4 is 27.5 Å². The molecule has 1 N–H and O–H groups in total. The summed E-state index contributed by atoms with van der Waals surface area (Å²) in [7, 11) is -2.78. The van der Waals surface area contributed by atoms with E-state index in [4.69, 9.17) is 4.74 Å². The summed E-state index contributed by atoms with van der Waals surface area (Å²) in [5, 5.41) is 2.83. The number of anilines is 1. The first-order chi connectivity index (χ1) is 18.7. The monoisotopic (exact) mass is 555 g/mol. The number of carbonyl (C=O) groups excluding carboxylic acids is 2. The van der Waals surface area contributed by atoms with Gasteiger partial charge in [-0.2, -0.15) is 0 Å². The minimum absolute atomic E-state index is 0.0295. The van der Waals surface area contributed by atoms with Gasteiger partial charge in [0, 0.05) is 13.1 Å². The van der Waals surface area contributed by atoms with Gasteiger partial charge < -0.3 is 15.0 Å². The standard InChI is InChI=1S/C29H34FN3O5S/c1-4-5-19-31-29(35)22(2)32(20-23-15-17-24(38-3)18-16-23)28(34)21-33(27-14-10-9-13-26(27)30)39(36,37)25-11-7-6-8-12-25/h6-18,22H,4-5,19-21H2,1-3H3,(H,31,35)/t22-/m1/s1. The molecule has 0 aromatic heterocycles. The fourth-order valence-electron chi connectivity index (χ4n) is 3.93. The number of carbonyl (C=O) groups is 2. The molecule has 0 aliphatic heterocycles. The molecule has 0 aliphatic carbocycles. The van der Waals surface area contributed by atoms with E-state index in [2.05, 4.69) is 5.32 Å². The molecule has 8 nitrogen and oxygen atoms in total. The van der Waals surface area contributed by atoms with Crippen LogP contribution in [0.1, 0.15) is 32.3 Å². The third-order valence-corrected chi connectivity index (χ3v) is 8.01. The Balaban J connectivity index is 1.99. The SMILES string of the molecule is CCCCNC(=O)[C@@H](C)N(Cc1ccc(OC)cc1)C(=O)CN(c1ccccc1F)S(=O)(=O)c1ccccc1. The van der Waals surface area contributed by atoms with Gasteiger partial charge in [0.25, 0.3) is 10.0 Å². The minimum atomic E-state index is -4.32. The van der Waals surface area contributed by atoms with E-state index in [0.717, 1.165) is 23.2 Å². The molecule has 1 atom stereocenters. The number of amides is 2. The molecule has 0 saturated heterocycles. The number of benzene rings is 3. The number of halogens is 1. The second-order valence-electron chi connectivity index (χ2n) is 8.97. The van der Waals surface area contributed by atoms with Crippen LogP contribution in [0.25, 0.3) is 0 Å². The van der Waals surface area contributed by atoms with Crippen LogP contribution in [-0.4, -0.2) is 51.4 Å². The van der Waals surface area contributed by atoms with Crippen molar-refractivity contribution in [3.05, 3.63) is 90.2 Å². The fraction of sp³-hybridized carbons (Fsp3) is 0.310. The first-order valence-corrected chi connectivity index (χ1v) is 14.2. The summed E-state index contributed by atoms with van der Waals surface area (Å²) in [5.74, 6) is -1.20. The summed E-state index contributed by atoms with van der Waals surface area (Å²) >= 11 is 0. The Hall–Kier alpha value is -3.92. The van der Waals surface area contributed by atoms with Gasteiger partial charge in [-0.25, -0.2) is 12.8 Å². The van der Waals surface area contributed by atoms with Gasteiger partial charge in [-0.3, -0.25) is 13.9 Å². The zero-order chi connectivity index (χ0) is 28.4. The molecule has 3 aromatic rings.